The van der Waals surface area contributed by atoms with E-state index < -0.39 is 0 Å². The van der Waals surface area contributed by atoms with Crippen molar-refractivity contribution in [3.05, 3.63) is 101 Å². The van der Waals surface area contributed by atoms with Gasteiger partial charge in [-0.3, -0.25) is 14.2 Å². The number of hydrazone groups is 1. The highest BCUT2D eigenvalue weighted by molar-refractivity contribution is 7.99. The third-order valence-corrected chi connectivity index (χ3v) is 5.28. The zero-order chi connectivity index (χ0) is 21.6. The monoisotopic (exact) mass is 432 g/mol. The molecular formula is C23H17FN4O2S. The molecule has 4 rings (SSSR count). The minimum Gasteiger partial charge on any atom is -0.272 e. The summed E-state index contributed by atoms with van der Waals surface area (Å²) < 4.78 is 14.7. The molecule has 0 saturated carbocycles. The molecule has 6 nitrogen and oxygen atoms in total. The minimum absolute atomic E-state index is 0.00188. The van der Waals surface area contributed by atoms with Crippen LogP contribution >= 0.6 is 11.8 Å². The van der Waals surface area contributed by atoms with E-state index in [0.717, 1.165) is 11.8 Å². The van der Waals surface area contributed by atoms with Crippen molar-refractivity contribution in [2.24, 2.45) is 5.10 Å². The van der Waals surface area contributed by atoms with Crippen LogP contribution in [0.4, 0.5) is 4.39 Å². The Labute approximate surface area is 181 Å². The van der Waals surface area contributed by atoms with Gasteiger partial charge in [-0.1, -0.05) is 54.2 Å². The molecule has 154 valence electrons. The van der Waals surface area contributed by atoms with Crippen molar-refractivity contribution in [3.8, 4) is 5.69 Å². The molecule has 0 spiro atoms. The summed E-state index contributed by atoms with van der Waals surface area (Å²) >= 11 is 1.13. The first-order valence-corrected chi connectivity index (χ1v) is 10.4. The van der Waals surface area contributed by atoms with Crippen LogP contribution in [0.5, 0.6) is 0 Å². The summed E-state index contributed by atoms with van der Waals surface area (Å²) in [5.41, 5.74) is 3.96. The number of hydrogen-bond donors (Lipinski definition) is 1. The number of halogens is 1. The van der Waals surface area contributed by atoms with Crippen LogP contribution in [-0.4, -0.2) is 27.4 Å². The van der Waals surface area contributed by atoms with E-state index in [9.17, 15) is 14.0 Å². The molecule has 1 heterocycles. The summed E-state index contributed by atoms with van der Waals surface area (Å²) in [4.78, 5) is 29.9. The number of fused-ring (bicyclic) bond motifs is 1. The second kappa shape index (κ2) is 9.36. The Balaban J connectivity index is 1.55. The molecule has 8 heteroatoms. The van der Waals surface area contributed by atoms with Gasteiger partial charge in [0, 0.05) is 0 Å². The van der Waals surface area contributed by atoms with E-state index in [1.54, 1.807) is 30.3 Å². The first kappa shape index (κ1) is 20.5. The molecule has 0 aliphatic heterocycles. The average Bonchev–Trinajstić information content (AvgIpc) is 2.78. The van der Waals surface area contributed by atoms with E-state index in [1.807, 2.05) is 36.4 Å². The minimum atomic E-state index is -0.382. The first-order chi connectivity index (χ1) is 15.1. The number of amides is 1. The smallest absolute Gasteiger partial charge is 0.266 e. The van der Waals surface area contributed by atoms with Gasteiger partial charge in [0.25, 0.3) is 11.5 Å². The molecule has 4 aromatic rings. The number of carbonyl (C=O) groups excluding carboxylic acids is 1. The maximum Gasteiger partial charge on any atom is 0.266 e. The standard InChI is InChI=1S/C23H17FN4O2S/c24-17-8-6-7-16(13-17)14-25-27-21(29)15-31-23-26-20-12-5-4-11-19(20)22(30)28(23)18-9-2-1-3-10-18/h1-14H,15H2,(H,27,29)/b25-14+. The highest BCUT2D eigenvalue weighted by atomic mass is 32.2. The van der Waals surface area contributed by atoms with Gasteiger partial charge in [-0.25, -0.2) is 14.8 Å². The van der Waals surface area contributed by atoms with E-state index in [2.05, 4.69) is 15.5 Å². The van der Waals surface area contributed by atoms with Crippen LogP contribution in [0.25, 0.3) is 16.6 Å². The predicted molar refractivity (Wildman–Crippen MR) is 120 cm³/mol. The van der Waals surface area contributed by atoms with Gasteiger partial charge in [-0.15, -0.1) is 0 Å². The fraction of sp³-hybridized carbons (Fsp3) is 0.0435. The molecule has 0 fully saturated rings. The summed E-state index contributed by atoms with van der Waals surface area (Å²) in [7, 11) is 0. The van der Waals surface area contributed by atoms with Gasteiger partial charge in [-0.2, -0.15) is 5.10 Å². The molecule has 0 bridgehead atoms. The van der Waals surface area contributed by atoms with Crippen molar-refractivity contribution < 1.29 is 9.18 Å². The van der Waals surface area contributed by atoms with Crippen LogP contribution in [0.2, 0.25) is 0 Å². The number of aromatic nitrogens is 2. The SMILES string of the molecule is O=C(CSc1nc2ccccc2c(=O)n1-c1ccccc1)N/N=C/c1cccc(F)c1. The number of rotatable bonds is 6. The Morgan fingerprint density at radius 3 is 2.65 bits per heavy atom. The Hall–Kier alpha value is -3.78. The summed E-state index contributed by atoms with van der Waals surface area (Å²) in [6, 6.07) is 22.1. The summed E-state index contributed by atoms with van der Waals surface area (Å²) in [6.07, 6.45) is 1.36. The van der Waals surface area contributed by atoms with Crippen LogP contribution in [0, 0.1) is 5.82 Å². The van der Waals surface area contributed by atoms with Crippen LogP contribution in [0.3, 0.4) is 0 Å². The van der Waals surface area contributed by atoms with E-state index >= 15 is 0 Å². The lowest BCUT2D eigenvalue weighted by Crippen LogP contribution is -2.24. The zero-order valence-electron chi connectivity index (χ0n) is 16.2. The van der Waals surface area contributed by atoms with Crippen molar-refractivity contribution in [1.29, 1.82) is 0 Å². The normalized spacial score (nSPS) is 11.1. The van der Waals surface area contributed by atoms with Crippen molar-refractivity contribution in [2.75, 3.05) is 5.75 Å². The lowest BCUT2D eigenvalue weighted by atomic mass is 10.2. The molecule has 0 unspecified atom stereocenters. The number of carbonyl (C=O) groups is 1. The van der Waals surface area contributed by atoms with Gasteiger partial charge in [0.1, 0.15) is 5.82 Å². The van der Waals surface area contributed by atoms with Crippen LogP contribution in [0.15, 0.2) is 93.9 Å². The Kier molecular flexibility index (Phi) is 6.18. The van der Waals surface area contributed by atoms with Gasteiger partial charge in [0.15, 0.2) is 5.16 Å². The largest absolute Gasteiger partial charge is 0.272 e. The van der Waals surface area contributed by atoms with Gasteiger partial charge < -0.3 is 0 Å². The number of benzene rings is 3. The lowest BCUT2D eigenvalue weighted by Gasteiger charge is -2.12. The molecule has 31 heavy (non-hydrogen) atoms. The summed E-state index contributed by atoms with van der Waals surface area (Å²) in [5, 5.41) is 4.75. The van der Waals surface area contributed by atoms with Crippen molar-refractivity contribution in [1.82, 2.24) is 15.0 Å². The Morgan fingerprint density at radius 2 is 1.84 bits per heavy atom. The second-order valence-electron chi connectivity index (χ2n) is 6.52. The molecule has 0 atom stereocenters. The van der Waals surface area contributed by atoms with Gasteiger partial charge in [0.05, 0.1) is 28.6 Å². The Morgan fingerprint density at radius 1 is 1.06 bits per heavy atom. The fourth-order valence-electron chi connectivity index (χ4n) is 2.94. The van der Waals surface area contributed by atoms with Gasteiger partial charge >= 0.3 is 0 Å². The van der Waals surface area contributed by atoms with Crippen molar-refractivity contribution >= 4 is 34.8 Å². The van der Waals surface area contributed by atoms with Crippen molar-refractivity contribution in [3.63, 3.8) is 0 Å². The highest BCUT2D eigenvalue weighted by Gasteiger charge is 2.14. The maximum atomic E-state index is 13.2. The number of thioether (sulfide) groups is 1. The quantitative estimate of drug-likeness (QED) is 0.218. The van der Waals surface area contributed by atoms with E-state index in [0.29, 0.717) is 27.3 Å². The van der Waals surface area contributed by atoms with Crippen LogP contribution in [0.1, 0.15) is 5.56 Å². The molecule has 3 aromatic carbocycles. The zero-order valence-corrected chi connectivity index (χ0v) is 17.1. The van der Waals surface area contributed by atoms with Crippen molar-refractivity contribution in [2.45, 2.75) is 5.16 Å². The lowest BCUT2D eigenvalue weighted by molar-refractivity contribution is -0.118. The number of hydrogen-bond acceptors (Lipinski definition) is 5. The number of para-hydroxylation sites is 2. The molecule has 1 N–H and O–H groups in total. The number of nitrogens with zero attached hydrogens (tertiary/aromatic N) is 3. The first-order valence-electron chi connectivity index (χ1n) is 9.39. The molecule has 0 radical (unpaired) electrons. The molecule has 1 amide bonds. The average molecular weight is 432 g/mol. The van der Waals surface area contributed by atoms with Gasteiger partial charge in [-0.05, 0) is 42.0 Å². The van der Waals surface area contributed by atoms with Gasteiger partial charge in [0.2, 0.25) is 0 Å². The molecule has 0 aliphatic rings. The topological polar surface area (TPSA) is 76.3 Å². The molecule has 0 aliphatic carbocycles. The van der Waals surface area contributed by atoms with E-state index in [1.165, 1.54) is 22.9 Å². The molecule has 1 aromatic heterocycles. The number of nitrogens with one attached hydrogen (secondary N) is 1. The van der Waals surface area contributed by atoms with E-state index in [-0.39, 0.29) is 23.0 Å². The highest BCUT2D eigenvalue weighted by Crippen LogP contribution is 2.21. The second-order valence-corrected chi connectivity index (χ2v) is 7.47. The summed E-state index contributed by atoms with van der Waals surface area (Å²) in [6.45, 7) is 0. The van der Waals surface area contributed by atoms with E-state index in [4.69, 9.17) is 0 Å². The molecular weight excluding hydrogens is 415 g/mol. The molecule has 0 saturated heterocycles. The summed E-state index contributed by atoms with van der Waals surface area (Å²) in [5.74, 6) is -0.760. The third kappa shape index (κ3) is 4.87. The van der Waals surface area contributed by atoms with Crippen LogP contribution < -0.4 is 11.0 Å². The maximum absolute atomic E-state index is 13.2. The third-order valence-electron chi connectivity index (χ3n) is 4.34. The Bertz CT molecular complexity index is 1320. The fourth-order valence-corrected chi connectivity index (χ4v) is 3.75. The van der Waals surface area contributed by atoms with Crippen LogP contribution in [-0.2, 0) is 4.79 Å². The predicted octanol–water partition coefficient (Wildman–Crippen LogP) is 3.77.